The van der Waals surface area contributed by atoms with E-state index in [-0.39, 0.29) is 36.2 Å². The molecule has 1 atom stereocenters. The Morgan fingerprint density at radius 1 is 1.18 bits per heavy atom. The van der Waals surface area contributed by atoms with E-state index in [1.54, 1.807) is 15.6 Å². The van der Waals surface area contributed by atoms with Crippen LogP contribution in [0.25, 0.3) is 5.69 Å². The molecule has 2 aromatic heterocycles. The third-order valence-corrected chi connectivity index (χ3v) is 7.50. The number of amides is 2. The SMILES string of the molecule is C=CC(=O)N1CCc2nn(-c3ccc(C(C)C)cc3O)c3c2C(C1)N(C(=O)c1ccc(C(F)(F)F)nc1N)CC3. The summed E-state index contributed by atoms with van der Waals surface area (Å²) in [7, 11) is 0. The van der Waals surface area contributed by atoms with Crippen LogP contribution in [0, 0.1) is 0 Å². The third-order valence-electron chi connectivity index (χ3n) is 7.50. The normalized spacial score (nSPS) is 17.0. The molecule has 1 aromatic carbocycles. The fourth-order valence-corrected chi connectivity index (χ4v) is 5.41. The first kappa shape index (κ1) is 27.2. The van der Waals surface area contributed by atoms with Crippen molar-refractivity contribution >= 4 is 17.6 Å². The number of nitrogen functional groups attached to an aromatic ring is 1. The second-order valence-electron chi connectivity index (χ2n) is 10.3. The summed E-state index contributed by atoms with van der Waals surface area (Å²) in [6, 6.07) is 6.56. The second kappa shape index (κ2) is 10.00. The molecule has 0 saturated heterocycles. The predicted molar refractivity (Wildman–Crippen MR) is 141 cm³/mol. The van der Waals surface area contributed by atoms with Gasteiger partial charge in [0.05, 0.1) is 23.0 Å². The lowest BCUT2D eigenvalue weighted by atomic mass is 9.94. The summed E-state index contributed by atoms with van der Waals surface area (Å²) >= 11 is 0. The molecule has 0 saturated carbocycles. The lowest BCUT2D eigenvalue weighted by molar-refractivity contribution is -0.141. The van der Waals surface area contributed by atoms with Gasteiger partial charge in [0.2, 0.25) is 5.91 Å². The van der Waals surface area contributed by atoms with Crippen molar-refractivity contribution in [3.05, 3.63) is 76.8 Å². The zero-order valence-electron chi connectivity index (χ0n) is 22.1. The average molecular weight is 555 g/mol. The molecular weight excluding hydrogens is 525 g/mol. The summed E-state index contributed by atoms with van der Waals surface area (Å²) in [5.41, 5.74) is 8.18. The molecule has 1 unspecified atom stereocenters. The van der Waals surface area contributed by atoms with Gasteiger partial charge in [0.1, 0.15) is 22.9 Å². The monoisotopic (exact) mass is 554 g/mol. The molecule has 0 spiro atoms. The molecule has 3 N–H and O–H groups in total. The fourth-order valence-electron chi connectivity index (χ4n) is 5.41. The molecule has 0 aliphatic carbocycles. The van der Waals surface area contributed by atoms with E-state index in [1.165, 1.54) is 11.0 Å². The molecule has 5 rings (SSSR count). The topological polar surface area (TPSA) is 118 Å². The molecule has 9 nitrogen and oxygen atoms in total. The molecular formula is C28H29F3N6O3. The Morgan fingerprint density at radius 3 is 2.55 bits per heavy atom. The van der Waals surface area contributed by atoms with Crippen LogP contribution in [-0.4, -0.2) is 61.1 Å². The van der Waals surface area contributed by atoms with Gasteiger partial charge in [-0.05, 0) is 41.8 Å². The zero-order valence-corrected chi connectivity index (χ0v) is 22.1. The standard InChI is InChI=1S/C28H29F3N6O3/c1-4-24(39)35-11-9-18-25-20(37(34-18)19-7-5-16(15(2)3)13-22(19)38)10-12-36(21(25)14-35)27(40)17-6-8-23(28(29,30)31)33-26(17)32/h4-8,13,15,21,38H,1,9-12,14H2,2-3H3,(H2,32,33). The number of nitrogens with zero attached hydrogens (tertiary/aromatic N) is 5. The van der Waals surface area contributed by atoms with Gasteiger partial charge in [-0.3, -0.25) is 9.59 Å². The van der Waals surface area contributed by atoms with Crippen LogP contribution in [0.15, 0.2) is 43.0 Å². The predicted octanol–water partition coefficient (Wildman–Crippen LogP) is 4.01. The molecule has 2 aliphatic heterocycles. The number of hydrogen-bond acceptors (Lipinski definition) is 6. The lowest BCUT2D eigenvalue weighted by Gasteiger charge is -2.38. The number of pyridine rings is 1. The van der Waals surface area contributed by atoms with Gasteiger partial charge in [-0.25, -0.2) is 9.67 Å². The van der Waals surface area contributed by atoms with E-state index >= 15 is 0 Å². The highest BCUT2D eigenvalue weighted by molar-refractivity contribution is 5.99. The average Bonchev–Trinajstić information content (AvgIpc) is 3.16. The van der Waals surface area contributed by atoms with E-state index < -0.39 is 29.6 Å². The van der Waals surface area contributed by atoms with E-state index in [2.05, 4.69) is 11.6 Å². The number of phenolic OH excluding ortho intramolecular Hbond substituents is 1. The Hall–Kier alpha value is -4.35. The number of hydrogen-bond donors (Lipinski definition) is 2. The number of halogens is 3. The molecule has 4 heterocycles. The van der Waals surface area contributed by atoms with Gasteiger partial charge in [0.25, 0.3) is 5.91 Å². The van der Waals surface area contributed by atoms with Crippen LogP contribution in [0.1, 0.15) is 64.4 Å². The minimum Gasteiger partial charge on any atom is -0.506 e. The van der Waals surface area contributed by atoms with Gasteiger partial charge >= 0.3 is 6.18 Å². The lowest BCUT2D eigenvalue weighted by Crippen LogP contribution is -2.46. The number of phenols is 1. The van der Waals surface area contributed by atoms with Crippen molar-refractivity contribution in [1.29, 1.82) is 0 Å². The maximum absolute atomic E-state index is 13.7. The van der Waals surface area contributed by atoms with Crippen LogP contribution in [-0.2, 0) is 23.8 Å². The highest BCUT2D eigenvalue weighted by Crippen LogP contribution is 2.39. The number of carbonyl (C=O) groups excluding carboxylic acids is 2. The molecule has 0 radical (unpaired) electrons. The number of carbonyl (C=O) groups is 2. The first-order valence-electron chi connectivity index (χ1n) is 12.9. The summed E-state index contributed by atoms with van der Waals surface area (Å²) in [6.07, 6.45) is -2.74. The smallest absolute Gasteiger partial charge is 0.433 e. The molecule has 40 heavy (non-hydrogen) atoms. The first-order valence-corrected chi connectivity index (χ1v) is 12.9. The number of aromatic nitrogens is 3. The zero-order chi connectivity index (χ0) is 28.9. The Labute approximate surface area is 228 Å². The summed E-state index contributed by atoms with van der Waals surface area (Å²) in [5, 5.41) is 15.7. The third kappa shape index (κ3) is 4.67. The number of aromatic hydroxyl groups is 1. The van der Waals surface area contributed by atoms with Gasteiger partial charge in [-0.1, -0.05) is 26.5 Å². The molecule has 2 aliphatic rings. The van der Waals surface area contributed by atoms with Crippen LogP contribution in [0.2, 0.25) is 0 Å². The van der Waals surface area contributed by atoms with Gasteiger partial charge in [0, 0.05) is 38.0 Å². The molecule has 0 bridgehead atoms. The van der Waals surface area contributed by atoms with Gasteiger partial charge in [-0.2, -0.15) is 18.3 Å². The maximum Gasteiger partial charge on any atom is 0.433 e. The van der Waals surface area contributed by atoms with Gasteiger partial charge in [0.15, 0.2) is 0 Å². The van der Waals surface area contributed by atoms with E-state index in [4.69, 9.17) is 10.8 Å². The fraction of sp³-hybridized carbons (Fsp3) is 0.357. The van der Waals surface area contributed by atoms with Gasteiger partial charge < -0.3 is 20.6 Å². The Balaban J connectivity index is 1.58. The number of nitrogens with two attached hydrogens (primary N) is 1. The minimum absolute atomic E-state index is 0.0715. The largest absolute Gasteiger partial charge is 0.506 e. The Bertz CT molecular complexity index is 1510. The van der Waals surface area contributed by atoms with Crippen LogP contribution in [0.4, 0.5) is 19.0 Å². The summed E-state index contributed by atoms with van der Waals surface area (Å²) < 4.78 is 41.1. The first-order chi connectivity index (χ1) is 18.9. The highest BCUT2D eigenvalue weighted by atomic mass is 19.4. The summed E-state index contributed by atoms with van der Waals surface area (Å²) in [5.74, 6) is -1.14. The van der Waals surface area contributed by atoms with Crippen molar-refractivity contribution in [2.75, 3.05) is 25.4 Å². The molecule has 12 heteroatoms. The number of rotatable bonds is 4. The highest BCUT2D eigenvalue weighted by Gasteiger charge is 2.41. The van der Waals surface area contributed by atoms with Crippen molar-refractivity contribution in [2.24, 2.45) is 0 Å². The number of anilines is 1. The van der Waals surface area contributed by atoms with Crippen LogP contribution < -0.4 is 5.73 Å². The van der Waals surface area contributed by atoms with E-state index in [9.17, 15) is 27.9 Å². The number of benzene rings is 1. The van der Waals surface area contributed by atoms with E-state index in [0.717, 1.165) is 29.0 Å². The van der Waals surface area contributed by atoms with Crippen LogP contribution in [0.5, 0.6) is 5.75 Å². The maximum atomic E-state index is 13.7. The van der Waals surface area contributed by atoms with Crippen LogP contribution in [0.3, 0.4) is 0 Å². The van der Waals surface area contributed by atoms with E-state index in [0.29, 0.717) is 30.8 Å². The second-order valence-corrected chi connectivity index (χ2v) is 10.3. The van der Waals surface area contributed by atoms with Crippen molar-refractivity contribution in [2.45, 2.75) is 44.8 Å². The molecule has 2 amide bonds. The van der Waals surface area contributed by atoms with Crippen LogP contribution >= 0.6 is 0 Å². The van der Waals surface area contributed by atoms with Crippen molar-refractivity contribution < 1.29 is 27.9 Å². The van der Waals surface area contributed by atoms with E-state index in [1.807, 2.05) is 26.0 Å². The Kier molecular flexibility index (Phi) is 6.80. The van der Waals surface area contributed by atoms with Gasteiger partial charge in [-0.15, -0.1) is 0 Å². The van der Waals surface area contributed by atoms with Crippen molar-refractivity contribution in [3.8, 4) is 11.4 Å². The quantitative estimate of drug-likeness (QED) is 0.471. The molecule has 0 fully saturated rings. The molecule has 210 valence electrons. The molecule has 3 aromatic rings. The summed E-state index contributed by atoms with van der Waals surface area (Å²) in [6.45, 7) is 8.27. The Morgan fingerprint density at radius 2 is 1.93 bits per heavy atom. The summed E-state index contributed by atoms with van der Waals surface area (Å²) in [4.78, 5) is 32.8. The van der Waals surface area contributed by atoms with Crippen molar-refractivity contribution in [3.63, 3.8) is 0 Å². The minimum atomic E-state index is -4.70. The number of alkyl halides is 3. The van der Waals surface area contributed by atoms with Crippen molar-refractivity contribution in [1.82, 2.24) is 24.6 Å².